The van der Waals surface area contributed by atoms with Crippen LogP contribution in [0, 0.1) is 0 Å². The van der Waals surface area contributed by atoms with E-state index in [1.165, 1.54) is 0 Å². The molecule has 0 aliphatic rings. The Morgan fingerprint density at radius 2 is 1.90 bits per heavy atom. The van der Waals surface area contributed by atoms with Crippen molar-refractivity contribution in [1.82, 2.24) is 9.97 Å². The first-order valence-corrected chi connectivity index (χ1v) is 7.72. The average molecular weight is 295 g/mol. The Bertz CT molecular complexity index is 416. The van der Waals surface area contributed by atoms with Gasteiger partial charge in [0.25, 0.3) is 0 Å². The van der Waals surface area contributed by atoms with E-state index in [4.69, 9.17) is 9.47 Å². The van der Waals surface area contributed by atoms with Gasteiger partial charge in [-0.3, -0.25) is 0 Å². The quantitative estimate of drug-likeness (QED) is 0.708. The lowest BCUT2D eigenvalue weighted by atomic mass is 9.96. The summed E-state index contributed by atoms with van der Waals surface area (Å²) in [7, 11) is 1.71. The van der Waals surface area contributed by atoms with Crippen molar-refractivity contribution in [1.29, 1.82) is 0 Å². The van der Waals surface area contributed by atoms with Gasteiger partial charge >= 0.3 is 0 Å². The highest BCUT2D eigenvalue weighted by Crippen LogP contribution is 2.23. The van der Waals surface area contributed by atoms with Gasteiger partial charge in [0, 0.05) is 31.7 Å². The van der Waals surface area contributed by atoms with Crippen LogP contribution in [0.1, 0.15) is 52.8 Å². The lowest BCUT2D eigenvalue weighted by Gasteiger charge is -2.19. The van der Waals surface area contributed by atoms with Crippen LogP contribution in [0.5, 0.6) is 5.88 Å². The third-order valence-electron chi connectivity index (χ3n) is 2.95. The lowest BCUT2D eigenvalue weighted by Crippen LogP contribution is -2.18. The van der Waals surface area contributed by atoms with Crippen LogP contribution in [0.3, 0.4) is 0 Å². The highest BCUT2D eigenvalue weighted by Gasteiger charge is 2.19. The number of rotatable bonds is 9. The summed E-state index contributed by atoms with van der Waals surface area (Å²) >= 11 is 0. The van der Waals surface area contributed by atoms with Crippen molar-refractivity contribution in [2.45, 2.75) is 52.4 Å². The first-order valence-electron chi connectivity index (χ1n) is 7.72. The van der Waals surface area contributed by atoms with Gasteiger partial charge in [-0.05, 0) is 12.8 Å². The van der Waals surface area contributed by atoms with E-state index in [2.05, 4.69) is 43.0 Å². The predicted octanol–water partition coefficient (Wildman–Crippen LogP) is 3.40. The van der Waals surface area contributed by atoms with E-state index in [0.717, 1.165) is 44.1 Å². The van der Waals surface area contributed by atoms with Crippen LogP contribution < -0.4 is 10.1 Å². The molecular weight excluding hydrogens is 266 g/mol. The van der Waals surface area contributed by atoms with Crippen LogP contribution in [0.25, 0.3) is 0 Å². The van der Waals surface area contributed by atoms with E-state index in [1.54, 1.807) is 7.11 Å². The molecule has 0 spiro atoms. The molecule has 5 nitrogen and oxygen atoms in total. The molecule has 1 aromatic rings. The maximum atomic E-state index is 5.73. The van der Waals surface area contributed by atoms with Crippen molar-refractivity contribution in [2.75, 3.05) is 32.2 Å². The van der Waals surface area contributed by atoms with Gasteiger partial charge in [-0.1, -0.05) is 34.1 Å². The molecule has 0 fully saturated rings. The number of ether oxygens (including phenoxy) is 2. The van der Waals surface area contributed by atoms with Gasteiger partial charge in [0.2, 0.25) is 5.88 Å². The summed E-state index contributed by atoms with van der Waals surface area (Å²) in [6, 6.07) is 1.87. The topological polar surface area (TPSA) is 56.3 Å². The molecule has 0 saturated heterocycles. The van der Waals surface area contributed by atoms with Crippen LogP contribution in [-0.4, -0.2) is 36.8 Å². The fraction of sp³-hybridized carbons (Fsp3) is 0.750. The third kappa shape index (κ3) is 6.76. The molecule has 21 heavy (non-hydrogen) atoms. The second-order valence-electron chi connectivity index (χ2n) is 6.14. The minimum atomic E-state index is -0.104. The normalized spacial score (nSPS) is 11.5. The van der Waals surface area contributed by atoms with E-state index in [1.807, 2.05) is 6.07 Å². The summed E-state index contributed by atoms with van der Waals surface area (Å²) < 4.78 is 10.8. The SMILES string of the molecule is CCCCOc1cc(NCCCOC)nc(C(C)(C)C)n1. The van der Waals surface area contributed by atoms with Crippen LogP contribution in [0.4, 0.5) is 5.82 Å². The third-order valence-corrected chi connectivity index (χ3v) is 2.95. The Kier molecular flexibility index (Phi) is 7.43. The summed E-state index contributed by atoms with van der Waals surface area (Å²) in [5.41, 5.74) is -0.104. The molecule has 1 heterocycles. The number of anilines is 1. The van der Waals surface area contributed by atoms with E-state index in [9.17, 15) is 0 Å². The highest BCUT2D eigenvalue weighted by atomic mass is 16.5. The maximum absolute atomic E-state index is 5.73. The van der Waals surface area contributed by atoms with E-state index in [0.29, 0.717) is 12.5 Å². The Morgan fingerprint density at radius 3 is 2.52 bits per heavy atom. The number of nitrogens with one attached hydrogen (secondary N) is 1. The molecule has 1 rings (SSSR count). The minimum Gasteiger partial charge on any atom is -0.478 e. The molecule has 0 radical (unpaired) electrons. The lowest BCUT2D eigenvalue weighted by molar-refractivity contribution is 0.197. The molecule has 1 N–H and O–H groups in total. The summed E-state index contributed by atoms with van der Waals surface area (Å²) in [5, 5.41) is 3.31. The summed E-state index contributed by atoms with van der Waals surface area (Å²) in [6.07, 6.45) is 3.09. The van der Waals surface area contributed by atoms with Crippen molar-refractivity contribution in [3.63, 3.8) is 0 Å². The van der Waals surface area contributed by atoms with E-state index in [-0.39, 0.29) is 5.41 Å². The summed E-state index contributed by atoms with van der Waals surface area (Å²) in [4.78, 5) is 9.11. The maximum Gasteiger partial charge on any atom is 0.218 e. The fourth-order valence-electron chi connectivity index (χ4n) is 1.68. The van der Waals surface area contributed by atoms with Gasteiger partial charge in [-0.25, -0.2) is 4.98 Å². The van der Waals surface area contributed by atoms with E-state index >= 15 is 0 Å². The monoisotopic (exact) mass is 295 g/mol. The van der Waals surface area contributed by atoms with Crippen LogP contribution in [0.2, 0.25) is 0 Å². The summed E-state index contributed by atoms with van der Waals surface area (Å²) in [6.45, 7) is 10.7. The fourth-order valence-corrected chi connectivity index (χ4v) is 1.68. The largest absolute Gasteiger partial charge is 0.478 e. The van der Waals surface area contributed by atoms with Gasteiger partial charge < -0.3 is 14.8 Å². The standard InChI is InChI=1S/C16H29N3O2/c1-6-7-11-21-14-12-13(17-9-8-10-20-5)18-15(19-14)16(2,3)4/h12H,6-11H2,1-5H3,(H,17,18,19). The highest BCUT2D eigenvalue weighted by molar-refractivity contribution is 5.39. The molecule has 0 aliphatic heterocycles. The van der Waals surface area contributed by atoms with Crippen LogP contribution >= 0.6 is 0 Å². The van der Waals surface area contributed by atoms with Crippen LogP contribution in [0.15, 0.2) is 6.07 Å². The smallest absolute Gasteiger partial charge is 0.218 e. The van der Waals surface area contributed by atoms with Crippen molar-refractivity contribution in [2.24, 2.45) is 0 Å². The molecule has 0 aromatic carbocycles. The van der Waals surface area contributed by atoms with Crippen molar-refractivity contribution in [3.05, 3.63) is 11.9 Å². The van der Waals surface area contributed by atoms with Crippen molar-refractivity contribution in [3.8, 4) is 5.88 Å². The molecule has 0 aliphatic carbocycles. The molecule has 0 amide bonds. The molecular formula is C16H29N3O2. The van der Waals surface area contributed by atoms with Gasteiger partial charge in [0.1, 0.15) is 11.6 Å². The number of hydrogen-bond acceptors (Lipinski definition) is 5. The van der Waals surface area contributed by atoms with Gasteiger partial charge in [-0.15, -0.1) is 0 Å². The molecule has 0 atom stereocenters. The predicted molar refractivity (Wildman–Crippen MR) is 86.1 cm³/mol. The zero-order chi connectivity index (χ0) is 15.7. The number of methoxy groups -OCH3 is 1. The van der Waals surface area contributed by atoms with Gasteiger partial charge in [0.05, 0.1) is 6.61 Å². The van der Waals surface area contributed by atoms with Gasteiger partial charge in [-0.2, -0.15) is 4.98 Å². The molecule has 1 aromatic heterocycles. The Morgan fingerprint density at radius 1 is 1.14 bits per heavy atom. The zero-order valence-electron chi connectivity index (χ0n) is 14.0. The number of hydrogen-bond donors (Lipinski definition) is 1. The van der Waals surface area contributed by atoms with Crippen LogP contribution in [-0.2, 0) is 10.2 Å². The minimum absolute atomic E-state index is 0.104. The molecule has 0 unspecified atom stereocenters. The van der Waals surface area contributed by atoms with Crippen molar-refractivity contribution >= 4 is 5.82 Å². The number of unbranched alkanes of at least 4 members (excludes halogenated alkanes) is 1. The first kappa shape index (κ1) is 17.7. The molecule has 120 valence electrons. The van der Waals surface area contributed by atoms with Crippen molar-refractivity contribution < 1.29 is 9.47 Å². The molecule has 0 saturated carbocycles. The Hall–Kier alpha value is -1.36. The summed E-state index contributed by atoms with van der Waals surface area (Å²) in [5.74, 6) is 2.26. The molecule has 5 heteroatoms. The second kappa shape index (κ2) is 8.82. The second-order valence-corrected chi connectivity index (χ2v) is 6.14. The zero-order valence-corrected chi connectivity index (χ0v) is 14.0. The Balaban J connectivity index is 2.77. The van der Waals surface area contributed by atoms with Gasteiger partial charge in [0.15, 0.2) is 0 Å². The number of aromatic nitrogens is 2. The number of nitrogens with zero attached hydrogens (tertiary/aromatic N) is 2. The molecule has 0 bridgehead atoms. The first-order chi connectivity index (χ1) is 9.97. The van der Waals surface area contributed by atoms with E-state index < -0.39 is 0 Å². The Labute approximate surface area is 128 Å². The average Bonchev–Trinajstić information content (AvgIpc) is 2.43.